The molecule has 0 aliphatic carbocycles. The van der Waals surface area contributed by atoms with Gasteiger partial charge in [0.25, 0.3) is 0 Å². The lowest BCUT2D eigenvalue weighted by Crippen LogP contribution is -2.28. The highest BCUT2D eigenvalue weighted by Gasteiger charge is 2.18. The van der Waals surface area contributed by atoms with Crippen molar-refractivity contribution in [1.29, 1.82) is 0 Å². The number of piperidine rings is 1. The van der Waals surface area contributed by atoms with Gasteiger partial charge in [-0.2, -0.15) is 0 Å². The Morgan fingerprint density at radius 2 is 2.00 bits per heavy atom. The Morgan fingerprint density at radius 3 is 2.69 bits per heavy atom. The van der Waals surface area contributed by atoms with E-state index in [0.29, 0.717) is 12.3 Å². The van der Waals surface area contributed by atoms with E-state index in [1.54, 1.807) is 0 Å². The Morgan fingerprint density at radius 1 is 1.31 bits per heavy atom. The number of halogens is 1. The summed E-state index contributed by atoms with van der Waals surface area (Å²) in [4.78, 5) is 12.1. The van der Waals surface area contributed by atoms with Gasteiger partial charge in [0, 0.05) is 16.5 Å². The molecule has 0 aromatic heterocycles. The summed E-state index contributed by atoms with van der Waals surface area (Å²) in [5.74, 6) is 0.820. The highest BCUT2D eigenvalue weighted by atomic mass is 79.9. The number of hydrogen-bond acceptors (Lipinski definition) is 2. The molecule has 1 aromatic carbocycles. The first kappa shape index (κ1) is 11.8. The fourth-order valence-corrected chi connectivity index (χ4v) is 2.65. The lowest BCUT2D eigenvalue weighted by Gasteiger charge is -2.21. The summed E-state index contributed by atoms with van der Waals surface area (Å²) in [7, 11) is 0. The second-order valence-electron chi connectivity index (χ2n) is 4.30. The van der Waals surface area contributed by atoms with E-state index in [1.807, 2.05) is 24.3 Å². The van der Waals surface area contributed by atoms with Gasteiger partial charge in [-0.25, -0.2) is 0 Å². The SMILES string of the molecule is O=C(CC1CCNCC1)c1ccccc1Br. The lowest BCUT2D eigenvalue weighted by atomic mass is 9.91. The Kier molecular flexibility index (Phi) is 4.13. The summed E-state index contributed by atoms with van der Waals surface area (Å²) in [6, 6.07) is 7.68. The van der Waals surface area contributed by atoms with Crippen LogP contribution in [0, 0.1) is 5.92 Å². The molecule has 0 unspecified atom stereocenters. The molecule has 1 N–H and O–H groups in total. The van der Waals surface area contributed by atoms with E-state index in [0.717, 1.165) is 36.0 Å². The van der Waals surface area contributed by atoms with E-state index in [-0.39, 0.29) is 5.78 Å². The number of carbonyl (C=O) groups is 1. The predicted molar refractivity (Wildman–Crippen MR) is 68.7 cm³/mol. The molecule has 86 valence electrons. The topological polar surface area (TPSA) is 29.1 Å². The van der Waals surface area contributed by atoms with E-state index in [4.69, 9.17) is 0 Å². The molecular formula is C13H16BrNO. The Balaban J connectivity index is 2.00. The summed E-state index contributed by atoms with van der Waals surface area (Å²) in [5, 5.41) is 3.32. The van der Waals surface area contributed by atoms with Gasteiger partial charge in [0.15, 0.2) is 5.78 Å². The predicted octanol–water partition coefficient (Wildman–Crippen LogP) is 3.02. The molecule has 3 heteroatoms. The van der Waals surface area contributed by atoms with Crippen LogP contribution >= 0.6 is 15.9 Å². The van der Waals surface area contributed by atoms with E-state index in [9.17, 15) is 4.79 Å². The second-order valence-corrected chi connectivity index (χ2v) is 5.15. The molecule has 1 saturated heterocycles. The molecule has 0 saturated carbocycles. The van der Waals surface area contributed by atoms with Crippen molar-refractivity contribution in [2.24, 2.45) is 5.92 Å². The van der Waals surface area contributed by atoms with Crippen LogP contribution in [-0.4, -0.2) is 18.9 Å². The maximum absolute atomic E-state index is 12.1. The smallest absolute Gasteiger partial charge is 0.164 e. The molecule has 2 nitrogen and oxygen atoms in total. The molecular weight excluding hydrogens is 266 g/mol. The minimum Gasteiger partial charge on any atom is -0.317 e. The number of carbonyl (C=O) groups excluding carboxylic acids is 1. The standard InChI is InChI=1S/C13H16BrNO/c14-12-4-2-1-3-11(12)13(16)9-10-5-7-15-8-6-10/h1-4,10,15H,5-9H2. The molecule has 0 spiro atoms. The third kappa shape index (κ3) is 2.92. The molecule has 2 rings (SSSR count). The monoisotopic (exact) mass is 281 g/mol. The Labute approximate surface area is 105 Å². The molecule has 1 heterocycles. The number of Topliss-reactive ketones (excluding diaryl/α,β-unsaturated/α-hetero) is 1. The van der Waals surface area contributed by atoms with Gasteiger partial charge in [-0.05, 0) is 37.9 Å². The normalized spacial score (nSPS) is 17.3. The molecule has 0 atom stereocenters. The van der Waals surface area contributed by atoms with Crippen LogP contribution in [0.2, 0.25) is 0 Å². The van der Waals surface area contributed by atoms with Crippen molar-refractivity contribution < 1.29 is 4.79 Å². The van der Waals surface area contributed by atoms with Crippen molar-refractivity contribution in [3.05, 3.63) is 34.3 Å². The number of benzene rings is 1. The average molecular weight is 282 g/mol. The Hall–Kier alpha value is -0.670. The van der Waals surface area contributed by atoms with Crippen molar-refractivity contribution in [2.45, 2.75) is 19.3 Å². The highest BCUT2D eigenvalue weighted by molar-refractivity contribution is 9.10. The first-order valence-electron chi connectivity index (χ1n) is 5.76. The summed E-state index contributed by atoms with van der Waals surface area (Å²) in [5.41, 5.74) is 0.820. The van der Waals surface area contributed by atoms with Gasteiger partial charge in [-0.15, -0.1) is 0 Å². The summed E-state index contributed by atoms with van der Waals surface area (Å²) in [6.07, 6.45) is 2.93. The van der Waals surface area contributed by atoms with Crippen molar-refractivity contribution in [3.63, 3.8) is 0 Å². The van der Waals surface area contributed by atoms with E-state index >= 15 is 0 Å². The molecule has 16 heavy (non-hydrogen) atoms. The van der Waals surface area contributed by atoms with Crippen molar-refractivity contribution in [2.75, 3.05) is 13.1 Å². The van der Waals surface area contributed by atoms with Crippen LogP contribution in [0.1, 0.15) is 29.6 Å². The van der Waals surface area contributed by atoms with Gasteiger partial charge in [0.05, 0.1) is 0 Å². The van der Waals surface area contributed by atoms with Gasteiger partial charge >= 0.3 is 0 Å². The van der Waals surface area contributed by atoms with Crippen LogP contribution in [0.15, 0.2) is 28.7 Å². The maximum atomic E-state index is 12.1. The highest BCUT2D eigenvalue weighted by Crippen LogP contribution is 2.22. The third-order valence-electron chi connectivity index (χ3n) is 3.11. The van der Waals surface area contributed by atoms with Crippen LogP contribution in [-0.2, 0) is 0 Å². The number of hydrogen-bond donors (Lipinski definition) is 1. The van der Waals surface area contributed by atoms with Crippen LogP contribution in [0.3, 0.4) is 0 Å². The third-order valence-corrected chi connectivity index (χ3v) is 3.80. The van der Waals surface area contributed by atoms with E-state index in [1.165, 1.54) is 0 Å². The van der Waals surface area contributed by atoms with Crippen molar-refractivity contribution in [3.8, 4) is 0 Å². The molecule has 0 bridgehead atoms. The van der Waals surface area contributed by atoms with E-state index in [2.05, 4.69) is 21.2 Å². The molecule has 1 fully saturated rings. The van der Waals surface area contributed by atoms with Crippen LogP contribution in [0.4, 0.5) is 0 Å². The summed E-state index contributed by atoms with van der Waals surface area (Å²) < 4.78 is 0.911. The first-order valence-corrected chi connectivity index (χ1v) is 6.55. The fourth-order valence-electron chi connectivity index (χ4n) is 2.15. The quantitative estimate of drug-likeness (QED) is 0.863. The average Bonchev–Trinajstić information content (AvgIpc) is 2.31. The number of rotatable bonds is 3. The van der Waals surface area contributed by atoms with E-state index < -0.39 is 0 Å². The zero-order valence-electron chi connectivity index (χ0n) is 9.21. The number of ketones is 1. The first-order chi connectivity index (χ1) is 7.77. The molecule has 0 radical (unpaired) electrons. The van der Waals surface area contributed by atoms with Gasteiger partial charge in [-0.1, -0.05) is 34.1 Å². The Bertz CT molecular complexity index is 372. The van der Waals surface area contributed by atoms with Crippen molar-refractivity contribution in [1.82, 2.24) is 5.32 Å². The van der Waals surface area contributed by atoms with Crippen LogP contribution in [0.25, 0.3) is 0 Å². The van der Waals surface area contributed by atoms with Gasteiger partial charge in [0.1, 0.15) is 0 Å². The largest absolute Gasteiger partial charge is 0.317 e. The van der Waals surface area contributed by atoms with Gasteiger partial charge in [-0.3, -0.25) is 4.79 Å². The molecule has 1 aromatic rings. The maximum Gasteiger partial charge on any atom is 0.164 e. The molecule has 1 aliphatic heterocycles. The van der Waals surface area contributed by atoms with Crippen LogP contribution in [0.5, 0.6) is 0 Å². The van der Waals surface area contributed by atoms with Crippen molar-refractivity contribution >= 4 is 21.7 Å². The minimum absolute atomic E-state index is 0.263. The summed E-state index contributed by atoms with van der Waals surface area (Å²) in [6.45, 7) is 2.10. The second kappa shape index (κ2) is 5.60. The lowest BCUT2D eigenvalue weighted by molar-refractivity contribution is 0.0951. The van der Waals surface area contributed by atoms with Gasteiger partial charge < -0.3 is 5.32 Å². The zero-order valence-corrected chi connectivity index (χ0v) is 10.8. The minimum atomic E-state index is 0.263. The fraction of sp³-hybridized carbons (Fsp3) is 0.462. The number of nitrogens with one attached hydrogen (secondary N) is 1. The summed E-state index contributed by atoms with van der Waals surface area (Å²) >= 11 is 3.43. The molecule has 1 aliphatic rings. The van der Waals surface area contributed by atoms with Gasteiger partial charge in [0.2, 0.25) is 0 Å². The molecule has 0 amide bonds. The van der Waals surface area contributed by atoms with Crippen LogP contribution < -0.4 is 5.32 Å². The zero-order chi connectivity index (χ0) is 11.4.